The van der Waals surface area contributed by atoms with Crippen LogP contribution >= 0.6 is 0 Å². The molecule has 1 saturated heterocycles. The average molecular weight is 269 g/mol. The molecule has 1 aliphatic rings. The van der Waals surface area contributed by atoms with Crippen LogP contribution in [0.3, 0.4) is 0 Å². The highest BCUT2D eigenvalue weighted by Crippen LogP contribution is 2.11. The van der Waals surface area contributed by atoms with Crippen LogP contribution in [0.15, 0.2) is 0 Å². The fourth-order valence-electron chi connectivity index (χ4n) is 2.44. The lowest BCUT2D eigenvalue weighted by molar-refractivity contribution is -0.130. The van der Waals surface area contributed by atoms with Gasteiger partial charge in [0.15, 0.2) is 0 Å². The minimum Gasteiger partial charge on any atom is -0.355 e. The molecule has 0 aliphatic carbocycles. The Balaban J connectivity index is 2.23. The molecule has 5 nitrogen and oxygen atoms in total. The van der Waals surface area contributed by atoms with Crippen LogP contribution < -0.4 is 11.1 Å². The molecule has 3 N–H and O–H groups in total. The van der Waals surface area contributed by atoms with Crippen molar-refractivity contribution in [1.82, 2.24) is 10.2 Å². The second-order valence-electron chi connectivity index (χ2n) is 5.69. The van der Waals surface area contributed by atoms with E-state index in [-0.39, 0.29) is 17.7 Å². The van der Waals surface area contributed by atoms with Crippen molar-refractivity contribution in [2.24, 2.45) is 17.6 Å². The van der Waals surface area contributed by atoms with Gasteiger partial charge in [-0.25, -0.2) is 0 Å². The zero-order valence-electron chi connectivity index (χ0n) is 12.2. The van der Waals surface area contributed by atoms with Crippen LogP contribution in [-0.2, 0) is 9.59 Å². The van der Waals surface area contributed by atoms with E-state index in [1.165, 1.54) is 0 Å². The number of hydrogen-bond acceptors (Lipinski definition) is 3. The minimum atomic E-state index is -0.137. The number of nitrogens with one attached hydrogen (secondary N) is 1. The fourth-order valence-corrected chi connectivity index (χ4v) is 2.44. The van der Waals surface area contributed by atoms with Crippen molar-refractivity contribution in [3.8, 4) is 0 Å². The van der Waals surface area contributed by atoms with Gasteiger partial charge < -0.3 is 16.0 Å². The number of likely N-dealkylation sites (tertiary alicyclic amines) is 1. The predicted octanol–water partition coefficient (Wildman–Crippen LogP) is 0.736. The number of amides is 2. The van der Waals surface area contributed by atoms with Gasteiger partial charge in [0.2, 0.25) is 11.8 Å². The molecule has 1 heterocycles. The van der Waals surface area contributed by atoms with Gasteiger partial charge in [-0.05, 0) is 25.2 Å². The van der Waals surface area contributed by atoms with Gasteiger partial charge in [0.25, 0.3) is 0 Å². The smallest absolute Gasteiger partial charge is 0.224 e. The van der Waals surface area contributed by atoms with Crippen molar-refractivity contribution >= 4 is 11.8 Å². The molecule has 0 spiro atoms. The summed E-state index contributed by atoms with van der Waals surface area (Å²) in [4.78, 5) is 25.6. The summed E-state index contributed by atoms with van der Waals surface area (Å²) in [6.07, 6.45) is 3.39. The topological polar surface area (TPSA) is 75.4 Å². The van der Waals surface area contributed by atoms with E-state index < -0.39 is 0 Å². The van der Waals surface area contributed by atoms with Crippen molar-refractivity contribution in [3.05, 3.63) is 0 Å². The molecule has 1 aliphatic heterocycles. The highest BCUT2D eigenvalue weighted by molar-refractivity contribution is 5.80. The summed E-state index contributed by atoms with van der Waals surface area (Å²) < 4.78 is 0. The van der Waals surface area contributed by atoms with Crippen molar-refractivity contribution in [1.29, 1.82) is 0 Å². The molecular formula is C14H27N3O2. The van der Waals surface area contributed by atoms with E-state index in [0.29, 0.717) is 25.4 Å². The van der Waals surface area contributed by atoms with Gasteiger partial charge in [-0.2, -0.15) is 0 Å². The van der Waals surface area contributed by atoms with Crippen LogP contribution in [0, 0.1) is 11.8 Å². The maximum absolute atomic E-state index is 11.9. The normalized spacial score (nSPS) is 16.7. The molecule has 1 unspecified atom stereocenters. The Kier molecular flexibility index (Phi) is 6.84. The quantitative estimate of drug-likeness (QED) is 0.715. The van der Waals surface area contributed by atoms with Crippen LogP contribution in [-0.4, -0.2) is 42.9 Å². The molecule has 2 amide bonds. The van der Waals surface area contributed by atoms with E-state index in [1.54, 1.807) is 0 Å². The third kappa shape index (κ3) is 5.59. The van der Waals surface area contributed by atoms with Gasteiger partial charge >= 0.3 is 0 Å². The minimum absolute atomic E-state index is 0.0228. The van der Waals surface area contributed by atoms with Crippen molar-refractivity contribution in [2.75, 3.05) is 26.2 Å². The Bertz CT molecular complexity index is 299. The largest absolute Gasteiger partial charge is 0.355 e. The number of hydrogen-bond donors (Lipinski definition) is 2. The van der Waals surface area contributed by atoms with Gasteiger partial charge in [-0.15, -0.1) is 0 Å². The summed E-state index contributed by atoms with van der Waals surface area (Å²) in [6, 6.07) is 0. The van der Waals surface area contributed by atoms with Crippen molar-refractivity contribution in [2.45, 2.75) is 39.5 Å². The summed E-state index contributed by atoms with van der Waals surface area (Å²) in [5, 5.41) is 2.83. The van der Waals surface area contributed by atoms with E-state index >= 15 is 0 Å². The molecule has 1 atom stereocenters. The first-order valence-corrected chi connectivity index (χ1v) is 7.30. The summed E-state index contributed by atoms with van der Waals surface area (Å²) in [7, 11) is 0. The Morgan fingerprint density at radius 1 is 1.26 bits per heavy atom. The molecule has 110 valence electrons. The van der Waals surface area contributed by atoms with Crippen molar-refractivity contribution in [3.63, 3.8) is 0 Å². The second-order valence-corrected chi connectivity index (χ2v) is 5.69. The summed E-state index contributed by atoms with van der Waals surface area (Å²) in [5.41, 5.74) is 5.62. The van der Waals surface area contributed by atoms with Gasteiger partial charge in [0.05, 0.1) is 5.92 Å². The summed E-state index contributed by atoms with van der Waals surface area (Å²) in [5.74, 6) is 0.434. The Hall–Kier alpha value is -1.10. The molecule has 0 radical (unpaired) electrons. The van der Waals surface area contributed by atoms with Crippen LogP contribution in [0.1, 0.15) is 39.5 Å². The predicted molar refractivity (Wildman–Crippen MR) is 75.4 cm³/mol. The molecule has 0 aromatic heterocycles. The van der Waals surface area contributed by atoms with Gasteiger partial charge in [0, 0.05) is 32.6 Å². The number of nitrogens with two attached hydrogens (primary N) is 1. The molecule has 1 fully saturated rings. The lowest BCUT2D eigenvalue weighted by Gasteiger charge is -2.18. The van der Waals surface area contributed by atoms with Crippen LogP contribution in [0.4, 0.5) is 0 Å². The zero-order chi connectivity index (χ0) is 14.3. The van der Waals surface area contributed by atoms with Crippen molar-refractivity contribution < 1.29 is 9.59 Å². The zero-order valence-corrected chi connectivity index (χ0v) is 12.2. The fraction of sp³-hybridized carbons (Fsp3) is 0.857. The average Bonchev–Trinajstić information content (AvgIpc) is 2.89. The first-order chi connectivity index (χ1) is 9.04. The molecule has 0 aromatic rings. The third-order valence-corrected chi connectivity index (χ3v) is 3.51. The van der Waals surface area contributed by atoms with E-state index in [9.17, 15) is 9.59 Å². The summed E-state index contributed by atoms with van der Waals surface area (Å²) in [6.45, 7) is 6.67. The van der Waals surface area contributed by atoms with E-state index in [2.05, 4.69) is 19.2 Å². The highest BCUT2D eigenvalue weighted by atomic mass is 16.2. The van der Waals surface area contributed by atoms with Gasteiger partial charge in [-0.1, -0.05) is 13.8 Å². The van der Waals surface area contributed by atoms with E-state index in [4.69, 9.17) is 5.73 Å². The third-order valence-electron chi connectivity index (χ3n) is 3.51. The second kappa shape index (κ2) is 8.15. The molecular weight excluding hydrogens is 242 g/mol. The first kappa shape index (κ1) is 16.0. The standard InChI is InChI=1S/C14H27N3O2/c1-11(2)9-12(10-15)14(19)16-6-5-13(18)17-7-3-4-8-17/h11-12H,3-10,15H2,1-2H3,(H,16,19). The van der Waals surface area contributed by atoms with E-state index in [0.717, 1.165) is 32.4 Å². The van der Waals surface area contributed by atoms with Crippen LogP contribution in [0.2, 0.25) is 0 Å². The number of rotatable bonds is 7. The SMILES string of the molecule is CC(C)CC(CN)C(=O)NCCC(=O)N1CCCC1. The molecule has 0 aromatic carbocycles. The molecule has 0 saturated carbocycles. The lowest BCUT2D eigenvalue weighted by atomic mass is 9.96. The summed E-state index contributed by atoms with van der Waals surface area (Å²) >= 11 is 0. The van der Waals surface area contributed by atoms with Gasteiger partial charge in [0.1, 0.15) is 0 Å². The maximum Gasteiger partial charge on any atom is 0.224 e. The molecule has 1 rings (SSSR count). The van der Waals surface area contributed by atoms with Crippen LogP contribution in [0.5, 0.6) is 0 Å². The number of carbonyl (C=O) groups is 2. The number of carbonyl (C=O) groups excluding carboxylic acids is 2. The van der Waals surface area contributed by atoms with Gasteiger partial charge in [-0.3, -0.25) is 9.59 Å². The first-order valence-electron chi connectivity index (χ1n) is 7.30. The molecule has 19 heavy (non-hydrogen) atoms. The lowest BCUT2D eigenvalue weighted by Crippen LogP contribution is -2.38. The highest BCUT2D eigenvalue weighted by Gasteiger charge is 2.20. The Labute approximate surface area is 115 Å². The number of nitrogens with zero attached hydrogens (tertiary/aromatic N) is 1. The molecule has 5 heteroatoms. The van der Waals surface area contributed by atoms with E-state index in [1.807, 2.05) is 4.90 Å². The van der Waals surface area contributed by atoms with Crippen LogP contribution in [0.25, 0.3) is 0 Å². The Morgan fingerprint density at radius 2 is 1.89 bits per heavy atom. The molecule has 0 bridgehead atoms. The maximum atomic E-state index is 11.9. The monoisotopic (exact) mass is 269 g/mol. The Morgan fingerprint density at radius 3 is 2.42 bits per heavy atom.